The first-order valence-electron chi connectivity index (χ1n) is 8.56. The van der Waals surface area contributed by atoms with Crippen LogP contribution >= 0.6 is 0 Å². The average Bonchev–Trinajstić information content (AvgIpc) is 3.12. The Morgan fingerprint density at radius 3 is 1.38 bits per heavy atom. The first-order valence-corrected chi connectivity index (χ1v) is 8.56. The Bertz CT molecular complexity index is 980. The number of hydrogen-bond donors (Lipinski definition) is 0. The van der Waals surface area contributed by atoms with Gasteiger partial charge in [0.2, 0.25) is 11.2 Å². The molecule has 29 heavy (non-hydrogen) atoms. The summed E-state index contributed by atoms with van der Waals surface area (Å²) >= 11 is 0. The van der Waals surface area contributed by atoms with Crippen molar-refractivity contribution in [3.05, 3.63) is 82.9 Å². The number of carbonyl (C=O) groups is 2. The second-order valence-electron chi connectivity index (χ2n) is 6.15. The van der Waals surface area contributed by atoms with Gasteiger partial charge in [-0.15, -0.1) is 0 Å². The molecular formula is C22H16N2O5. The molecule has 2 unspecified atom stereocenters. The van der Waals surface area contributed by atoms with Crippen molar-refractivity contribution in [3.8, 4) is 12.1 Å². The standard InChI is InChI=1S/C22H16N2O5/c1-27-19(25)17-18(20(26)28-2)22(14-24,16-11-7-4-8-12-16)29-21(17,13-23)15-9-5-3-6-10-15/h3-12H,1-2H3. The zero-order valence-corrected chi connectivity index (χ0v) is 15.7. The molecule has 7 heteroatoms. The van der Waals surface area contributed by atoms with Gasteiger partial charge in [-0.3, -0.25) is 0 Å². The van der Waals surface area contributed by atoms with Crippen LogP contribution in [0, 0.1) is 22.7 Å². The van der Waals surface area contributed by atoms with E-state index in [0.717, 1.165) is 14.2 Å². The molecular weight excluding hydrogens is 372 g/mol. The van der Waals surface area contributed by atoms with Crippen molar-refractivity contribution in [2.45, 2.75) is 11.2 Å². The van der Waals surface area contributed by atoms with E-state index in [1.807, 2.05) is 12.1 Å². The maximum atomic E-state index is 12.8. The zero-order valence-electron chi connectivity index (χ0n) is 15.7. The number of rotatable bonds is 4. The van der Waals surface area contributed by atoms with E-state index in [-0.39, 0.29) is 22.3 Å². The van der Waals surface area contributed by atoms with Crippen molar-refractivity contribution in [3.63, 3.8) is 0 Å². The Kier molecular flexibility index (Phi) is 5.18. The molecule has 0 aromatic heterocycles. The number of ether oxygens (including phenoxy) is 3. The molecule has 0 saturated heterocycles. The lowest BCUT2D eigenvalue weighted by Crippen LogP contribution is -2.36. The van der Waals surface area contributed by atoms with Crippen LogP contribution in [0.2, 0.25) is 0 Å². The lowest BCUT2D eigenvalue weighted by Gasteiger charge is -2.29. The van der Waals surface area contributed by atoms with E-state index < -0.39 is 23.1 Å². The van der Waals surface area contributed by atoms with Gasteiger partial charge in [-0.2, -0.15) is 10.5 Å². The third-order valence-corrected chi connectivity index (χ3v) is 4.71. The van der Waals surface area contributed by atoms with Crippen LogP contribution in [-0.4, -0.2) is 26.2 Å². The monoisotopic (exact) mass is 388 g/mol. The summed E-state index contributed by atoms with van der Waals surface area (Å²) in [6, 6.07) is 20.3. The molecule has 0 fully saturated rings. The zero-order chi connectivity index (χ0) is 21.1. The minimum absolute atomic E-state index is 0.275. The van der Waals surface area contributed by atoms with Crippen molar-refractivity contribution < 1.29 is 23.8 Å². The normalized spacial score (nSPS) is 23.0. The first kappa shape index (κ1) is 19.8. The van der Waals surface area contributed by atoms with Crippen molar-refractivity contribution >= 4 is 11.9 Å². The van der Waals surface area contributed by atoms with Crippen LogP contribution in [0.1, 0.15) is 11.1 Å². The van der Waals surface area contributed by atoms with Crippen LogP contribution < -0.4 is 0 Å². The summed E-state index contributed by atoms with van der Waals surface area (Å²) in [6.07, 6.45) is 0. The number of nitriles is 2. The minimum Gasteiger partial charge on any atom is -0.466 e. The van der Waals surface area contributed by atoms with Crippen LogP contribution in [0.25, 0.3) is 0 Å². The number of methoxy groups -OCH3 is 2. The number of esters is 2. The smallest absolute Gasteiger partial charge is 0.338 e. The summed E-state index contributed by atoms with van der Waals surface area (Å²) in [7, 11) is 2.23. The number of benzene rings is 2. The molecule has 0 saturated carbocycles. The van der Waals surface area contributed by atoms with Crippen LogP contribution in [0.5, 0.6) is 0 Å². The SMILES string of the molecule is COC(=O)C1=C(C(=O)OC)C(C#N)(c2ccccc2)OC1(C#N)c1ccccc1. The second-order valence-corrected chi connectivity index (χ2v) is 6.15. The minimum atomic E-state index is -2.05. The highest BCUT2D eigenvalue weighted by molar-refractivity contribution is 6.05. The van der Waals surface area contributed by atoms with Crippen LogP contribution in [0.15, 0.2) is 71.8 Å². The fraction of sp³-hybridized carbons (Fsp3) is 0.182. The molecule has 3 rings (SSSR count). The summed E-state index contributed by atoms with van der Waals surface area (Å²) in [6.45, 7) is 0. The fourth-order valence-corrected chi connectivity index (χ4v) is 3.42. The van der Waals surface area contributed by atoms with Gasteiger partial charge in [0.15, 0.2) is 0 Å². The predicted octanol–water partition coefficient (Wildman–Crippen LogP) is 2.50. The molecule has 1 aliphatic rings. The van der Waals surface area contributed by atoms with E-state index in [9.17, 15) is 20.1 Å². The molecule has 0 N–H and O–H groups in total. The summed E-state index contributed by atoms with van der Waals surface area (Å²) in [5, 5.41) is 20.3. The Hall–Kier alpha value is -3.94. The maximum Gasteiger partial charge on any atom is 0.338 e. The Labute approximate surface area is 167 Å². The molecule has 2 aromatic rings. The summed E-state index contributed by atoms with van der Waals surface area (Å²) in [5.74, 6) is -1.94. The van der Waals surface area contributed by atoms with E-state index >= 15 is 0 Å². The van der Waals surface area contributed by atoms with Crippen molar-refractivity contribution in [1.82, 2.24) is 0 Å². The average molecular weight is 388 g/mol. The second kappa shape index (κ2) is 7.59. The van der Waals surface area contributed by atoms with Gasteiger partial charge in [0.25, 0.3) is 0 Å². The molecule has 0 bridgehead atoms. The summed E-state index contributed by atoms with van der Waals surface area (Å²) in [5.41, 5.74) is -4.32. The van der Waals surface area contributed by atoms with Gasteiger partial charge in [-0.05, 0) is 0 Å². The van der Waals surface area contributed by atoms with Crippen molar-refractivity contribution in [2.24, 2.45) is 0 Å². The van der Waals surface area contributed by atoms with Crippen molar-refractivity contribution in [1.29, 1.82) is 10.5 Å². The highest BCUT2D eigenvalue weighted by Gasteiger charge is 2.63. The molecule has 2 aromatic carbocycles. The molecule has 1 heterocycles. The maximum absolute atomic E-state index is 12.8. The Balaban J connectivity index is 2.47. The summed E-state index contributed by atoms with van der Waals surface area (Å²) < 4.78 is 15.8. The Morgan fingerprint density at radius 1 is 0.759 bits per heavy atom. The highest BCUT2D eigenvalue weighted by Crippen LogP contribution is 2.53. The van der Waals surface area contributed by atoms with Crippen LogP contribution in [0.3, 0.4) is 0 Å². The molecule has 0 spiro atoms. The van der Waals surface area contributed by atoms with Gasteiger partial charge in [-0.25, -0.2) is 9.59 Å². The predicted molar refractivity (Wildman–Crippen MR) is 99.6 cm³/mol. The fourth-order valence-electron chi connectivity index (χ4n) is 3.42. The molecule has 1 aliphatic heterocycles. The summed E-state index contributed by atoms with van der Waals surface area (Å²) in [4.78, 5) is 25.6. The third kappa shape index (κ3) is 2.85. The highest BCUT2D eigenvalue weighted by atomic mass is 16.6. The molecule has 0 aliphatic carbocycles. The molecule has 0 amide bonds. The lowest BCUT2D eigenvalue weighted by atomic mass is 9.82. The topological polar surface area (TPSA) is 109 Å². The van der Waals surface area contributed by atoms with E-state index in [1.165, 1.54) is 0 Å². The molecule has 144 valence electrons. The Morgan fingerprint density at radius 2 is 1.10 bits per heavy atom. The quantitative estimate of drug-likeness (QED) is 0.740. The van der Waals surface area contributed by atoms with Gasteiger partial charge in [0.05, 0.1) is 14.2 Å². The van der Waals surface area contributed by atoms with E-state index in [0.29, 0.717) is 0 Å². The van der Waals surface area contributed by atoms with Gasteiger partial charge >= 0.3 is 11.9 Å². The van der Waals surface area contributed by atoms with Crippen LogP contribution in [-0.2, 0) is 35.0 Å². The van der Waals surface area contributed by atoms with Gasteiger partial charge in [-0.1, -0.05) is 60.7 Å². The van der Waals surface area contributed by atoms with E-state index in [1.54, 1.807) is 60.7 Å². The first-order chi connectivity index (χ1) is 14.0. The number of hydrogen-bond acceptors (Lipinski definition) is 7. The van der Waals surface area contributed by atoms with Gasteiger partial charge in [0.1, 0.15) is 23.3 Å². The number of nitrogens with zero attached hydrogens (tertiary/aromatic N) is 2. The lowest BCUT2D eigenvalue weighted by molar-refractivity contribution is -0.139. The van der Waals surface area contributed by atoms with E-state index in [4.69, 9.17) is 14.2 Å². The number of carbonyl (C=O) groups excluding carboxylic acids is 2. The van der Waals surface area contributed by atoms with Gasteiger partial charge in [0, 0.05) is 11.1 Å². The van der Waals surface area contributed by atoms with Crippen LogP contribution in [0.4, 0.5) is 0 Å². The van der Waals surface area contributed by atoms with Crippen molar-refractivity contribution in [2.75, 3.05) is 14.2 Å². The largest absolute Gasteiger partial charge is 0.466 e. The molecule has 2 atom stereocenters. The third-order valence-electron chi connectivity index (χ3n) is 4.71. The van der Waals surface area contributed by atoms with E-state index in [2.05, 4.69) is 0 Å². The van der Waals surface area contributed by atoms with Gasteiger partial charge < -0.3 is 14.2 Å². The molecule has 7 nitrogen and oxygen atoms in total. The molecule has 0 radical (unpaired) electrons.